The molecule has 0 aliphatic carbocycles. The second-order valence-corrected chi connectivity index (χ2v) is 9.54. The van der Waals surface area contributed by atoms with Crippen LogP contribution >= 0.6 is 11.3 Å². The summed E-state index contributed by atoms with van der Waals surface area (Å²) in [6.45, 7) is 7.49. The fraction of sp³-hybridized carbons (Fsp3) is 0.417. The van der Waals surface area contributed by atoms with Gasteiger partial charge in [0.1, 0.15) is 0 Å². The van der Waals surface area contributed by atoms with E-state index in [2.05, 4.69) is 21.9 Å². The quantitative estimate of drug-likeness (QED) is 0.586. The molecular weight excluding hydrogens is 440 g/mol. The number of ether oxygens (including phenoxy) is 3. The topological polar surface area (TPSA) is 67.4 Å². The van der Waals surface area contributed by atoms with Crippen LogP contribution in [0.3, 0.4) is 0 Å². The Morgan fingerprint density at radius 1 is 0.939 bits per heavy atom. The first-order valence-corrected chi connectivity index (χ1v) is 12.2. The number of rotatable bonds is 4. The van der Waals surface area contributed by atoms with Crippen molar-refractivity contribution in [2.75, 3.05) is 64.2 Å². The summed E-state index contributed by atoms with van der Waals surface area (Å²) in [5.74, 6) is 1.72. The first kappa shape index (κ1) is 20.7. The van der Waals surface area contributed by atoms with Crippen LogP contribution in [-0.2, 0) is 11.3 Å². The zero-order chi connectivity index (χ0) is 22.2. The van der Waals surface area contributed by atoms with Gasteiger partial charge in [-0.3, -0.25) is 9.69 Å². The molecule has 0 atom stereocenters. The van der Waals surface area contributed by atoms with Gasteiger partial charge in [0.05, 0.1) is 23.4 Å². The summed E-state index contributed by atoms with van der Waals surface area (Å²) in [6.07, 6.45) is 0. The highest BCUT2D eigenvalue weighted by Crippen LogP contribution is 2.33. The van der Waals surface area contributed by atoms with Crippen molar-refractivity contribution in [2.24, 2.45) is 0 Å². The van der Waals surface area contributed by atoms with Gasteiger partial charge in [-0.25, -0.2) is 4.98 Å². The van der Waals surface area contributed by atoms with Crippen molar-refractivity contribution in [3.8, 4) is 11.5 Å². The lowest BCUT2D eigenvalue weighted by Gasteiger charge is -2.34. The van der Waals surface area contributed by atoms with Gasteiger partial charge in [-0.05, 0) is 35.9 Å². The minimum Gasteiger partial charge on any atom is -0.454 e. The third-order valence-electron chi connectivity index (χ3n) is 6.41. The van der Waals surface area contributed by atoms with E-state index in [1.807, 2.05) is 29.2 Å². The number of amides is 1. The van der Waals surface area contributed by atoms with Crippen molar-refractivity contribution >= 4 is 32.6 Å². The van der Waals surface area contributed by atoms with E-state index in [-0.39, 0.29) is 5.91 Å². The van der Waals surface area contributed by atoms with E-state index in [9.17, 15) is 4.79 Å². The van der Waals surface area contributed by atoms with Crippen LogP contribution in [0.15, 0.2) is 36.4 Å². The summed E-state index contributed by atoms with van der Waals surface area (Å²) in [5.41, 5.74) is 2.89. The molecule has 3 aromatic rings. The number of hydrogen-bond donors (Lipinski definition) is 0. The van der Waals surface area contributed by atoms with Gasteiger partial charge in [0, 0.05) is 51.4 Å². The van der Waals surface area contributed by atoms with E-state index in [4.69, 9.17) is 19.2 Å². The van der Waals surface area contributed by atoms with Crippen molar-refractivity contribution in [3.63, 3.8) is 0 Å². The third kappa shape index (κ3) is 4.23. The Labute approximate surface area is 196 Å². The maximum atomic E-state index is 13.2. The number of thiazole rings is 1. The monoisotopic (exact) mass is 466 g/mol. The molecule has 33 heavy (non-hydrogen) atoms. The maximum absolute atomic E-state index is 13.2. The van der Waals surface area contributed by atoms with E-state index in [1.165, 1.54) is 5.56 Å². The molecule has 0 bridgehead atoms. The van der Waals surface area contributed by atoms with E-state index >= 15 is 0 Å². The van der Waals surface area contributed by atoms with Crippen molar-refractivity contribution < 1.29 is 19.0 Å². The first-order valence-electron chi connectivity index (χ1n) is 11.4. The summed E-state index contributed by atoms with van der Waals surface area (Å²) < 4.78 is 17.4. The molecule has 2 fully saturated rings. The average Bonchev–Trinajstić information content (AvgIpc) is 3.51. The number of nitrogens with zero attached hydrogens (tertiary/aromatic N) is 4. The fourth-order valence-electron chi connectivity index (χ4n) is 4.52. The molecule has 9 heteroatoms. The highest BCUT2D eigenvalue weighted by atomic mass is 32.1. The lowest BCUT2D eigenvalue weighted by molar-refractivity contribution is 0.0628. The Morgan fingerprint density at radius 3 is 2.61 bits per heavy atom. The number of piperazine rings is 1. The van der Waals surface area contributed by atoms with Gasteiger partial charge in [0.15, 0.2) is 16.6 Å². The van der Waals surface area contributed by atoms with Crippen LogP contribution in [0.25, 0.3) is 10.2 Å². The van der Waals surface area contributed by atoms with Crippen molar-refractivity contribution in [3.05, 3.63) is 47.5 Å². The van der Waals surface area contributed by atoms with E-state index in [1.54, 1.807) is 11.3 Å². The Kier molecular flexibility index (Phi) is 5.53. The predicted molar refractivity (Wildman–Crippen MR) is 126 cm³/mol. The highest BCUT2D eigenvalue weighted by molar-refractivity contribution is 7.22. The molecule has 0 saturated carbocycles. The zero-order valence-electron chi connectivity index (χ0n) is 18.4. The largest absolute Gasteiger partial charge is 0.454 e. The van der Waals surface area contributed by atoms with Crippen LogP contribution in [0.1, 0.15) is 15.9 Å². The first-order chi connectivity index (χ1) is 16.2. The summed E-state index contributed by atoms with van der Waals surface area (Å²) in [7, 11) is 0. The lowest BCUT2D eigenvalue weighted by atomic mass is 10.1. The molecule has 6 rings (SSSR count). The molecule has 0 N–H and O–H groups in total. The van der Waals surface area contributed by atoms with Crippen molar-refractivity contribution in [2.45, 2.75) is 6.54 Å². The Hall–Kier alpha value is -2.88. The minimum atomic E-state index is 0.0981. The van der Waals surface area contributed by atoms with Crippen LogP contribution in [0, 0.1) is 0 Å². The van der Waals surface area contributed by atoms with E-state index < -0.39 is 0 Å². The molecule has 1 amide bonds. The van der Waals surface area contributed by atoms with Crippen LogP contribution in [0.2, 0.25) is 0 Å². The number of benzene rings is 2. The Morgan fingerprint density at radius 2 is 1.76 bits per heavy atom. The van der Waals surface area contributed by atoms with Gasteiger partial charge in [-0.15, -0.1) is 0 Å². The van der Waals surface area contributed by atoms with Gasteiger partial charge < -0.3 is 24.0 Å². The number of anilines is 1. The van der Waals surface area contributed by atoms with Crippen LogP contribution in [-0.4, -0.2) is 80.0 Å². The summed E-state index contributed by atoms with van der Waals surface area (Å²) >= 11 is 1.65. The number of aromatic nitrogens is 1. The lowest BCUT2D eigenvalue weighted by Crippen LogP contribution is -2.48. The van der Waals surface area contributed by atoms with E-state index in [0.717, 1.165) is 91.4 Å². The molecule has 0 unspecified atom stereocenters. The van der Waals surface area contributed by atoms with Gasteiger partial charge in [0.25, 0.3) is 5.91 Å². The normalized spacial score (nSPS) is 18.8. The van der Waals surface area contributed by atoms with Gasteiger partial charge in [-0.1, -0.05) is 17.4 Å². The molecule has 1 aromatic heterocycles. The second kappa shape index (κ2) is 8.81. The zero-order valence-corrected chi connectivity index (χ0v) is 19.2. The number of carbonyl (C=O) groups is 1. The molecule has 2 saturated heterocycles. The molecule has 3 aliphatic rings. The molecule has 3 aliphatic heterocycles. The minimum absolute atomic E-state index is 0.0981. The molecule has 172 valence electrons. The molecule has 8 nitrogen and oxygen atoms in total. The summed E-state index contributed by atoms with van der Waals surface area (Å²) in [4.78, 5) is 24.5. The highest BCUT2D eigenvalue weighted by Gasteiger charge is 2.24. The standard InChI is InChI=1S/C24H26N4O4S/c29-23(18-2-3-19-22(14-18)33-24(25-19)28-9-11-30-12-10-28)27-7-5-26(6-8-27)15-17-1-4-20-21(13-17)32-16-31-20/h1-4,13-14H,5-12,15-16H2. The number of morpholine rings is 1. The Bertz CT molecular complexity index is 1170. The summed E-state index contributed by atoms with van der Waals surface area (Å²) in [6, 6.07) is 12.0. The van der Waals surface area contributed by atoms with Crippen LogP contribution in [0.4, 0.5) is 5.13 Å². The average molecular weight is 467 g/mol. The molecule has 0 spiro atoms. The molecule has 4 heterocycles. The fourth-order valence-corrected chi connectivity index (χ4v) is 5.58. The number of fused-ring (bicyclic) bond motifs is 2. The van der Waals surface area contributed by atoms with Crippen LogP contribution < -0.4 is 14.4 Å². The van der Waals surface area contributed by atoms with Gasteiger partial charge >= 0.3 is 0 Å². The van der Waals surface area contributed by atoms with Gasteiger partial charge in [0.2, 0.25) is 6.79 Å². The molecule has 2 aromatic carbocycles. The Balaban J connectivity index is 1.09. The van der Waals surface area contributed by atoms with E-state index in [0.29, 0.717) is 6.79 Å². The van der Waals surface area contributed by atoms with Crippen LogP contribution in [0.5, 0.6) is 11.5 Å². The van der Waals surface area contributed by atoms with Crippen molar-refractivity contribution in [1.82, 2.24) is 14.8 Å². The SMILES string of the molecule is O=C(c1ccc2nc(N3CCOCC3)sc2c1)N1CCN(Cc2ccc3c(c2)OCO3)CC1. The number of hydrogen-bond acceptors (Lipinski definition) is 8. The predicted octanol–water partition coefficient (Wildman–Crippen LogP) is 2.82. The third-order valence-corrected chi connectivity index (χ3v) is 7.49. The van der Waals surface area contributed by atoms with Gasteiger partial charge in [-0.2, -0.15) is 0 Å². The maximum Gasteiger partial charge on any atom is 0.253 e. The smallest absolute Gasteiger partial charge is 0.253 e. The van der Waals surface area contributed by atoms with Crippen molar-refractivity contribution in [1.29, 1.82) is 0 Å². The second-order valence-electron chi connectivity index (χ2n) is 8.53. The summed E-state index contributed by atoms with van der Waals surface area (Å²) in [5, 5.41) is 1.01. The molecule has 0 radical (unpaired) electrons. The molecular formula is C24H26N4O4S. The number of carbonyl (C=O) groups excluding carboxylic acids is 1.